The summed E-state index contributed by atoms with van der Waals surface area (Å²) in [5.41, 5.74) is -0.384. The fourth-order valence-corrected chi connectivity index (χ4v) is 1.53. The van der Waals surface area contributed by atoms with Crippen LogP contribution in [0, 0.1) is 0 Å². The average Bonchev–Trinajstić information content (AvgIpc) is 2.19. The second kappa shape index (κ2) is 5.16. The molecule has 0 aliphatic carbocycles. The molecule has 0 aliphatic rings. The maximum Gasteiger partial charge on any atom is 1.00 e. The minimum absolute atomic E-state index is 0. The minimum Gasteiger partial charge on any atom is -0.545 e. The van der Waals surface area contributed by atoms with Gasteiger partial charge in [-0.25, -0.2) is 0 Å². The number of carboxylic acid groups (broad SMARTS) is 1. The molecule has 0 aromatic heterocycles. The van der Waals surface area contributed by atoms with Gasteiger partial charge >= 0.3 is 51.4 Å². The third-order valence-corrected chi connectivity index (χ3v) is 2.21. The molecule has 2 aromatic carbocycles. The fraction of sp³-hybridized carbons (Fsp3) is 0. The molecule has 0 amide bonds. The maximum atomic E-state index is 10.8. The Morgan fingerprint density at radius 3 is 2.44 bits per heavy atom. The Hall–Kier alpha value is -0.594. The van der Waals surface area contributed by atoms with Gasteiger partial charge in [0.1, 0.15) is 0 Å². The smallest absolute Gasteiger partial charge is 0.545 e. The summed E-state index contributed by atoms with van der Waals surface area (Å²) in [6, 6.07) is 7.83. The number of phenols is 2. The van der Waals surface area contributed by atoms with E-state index < -0.39 is 17.5 Å². The first kappa shape index (κ1) is 13.5. The molecule has 76 valence electrons. The van der Waals surface area contributed by atoms with Gasteiger partial charge in [-0.15, -0.1) is 0 Å². The van der Waals surface area contributed by atoms with E-state index in [1.54, 1.807) is 24.3 Å². The van der Waals surface area contributed by atoms with Crippen molar-refractivity contribution in [2.75, 3.05) is 0 Å². The van der Waals surface area contributed by atoms with Crippen LogP contribution in [0.2, 0.25) is 0 Å². The van der Waals surface area contributed by atoms with Gasteiger partial charge in [-0.2, -0.15) is 0 Å². The van der Waals surface area contributed by atoms with Crippen LogP contribution >= 0.6 is 0 Å². The number of benzene rings is 2. The zero-order chi connectivity index (χ0) is 11.0. The molecule has 4 nitrogen and oxygen atoms in total. The standard InChI is InChI=1S/C11H8O4.K/c12-8-5-6-3-1-2-4-7(6)9(10(8)13)11(14)15;/h1-5,12-13H,(H,14,15);/q;+1/p-1. The molecule has 16 heavy (non-hydrogen) atoms. The number of aromatic carboxylic acids is 1. The summed E-state index contributed by atoms with van der Waals surface area (Å²) in [5.74, 6) is -2.64. The van der Waals surface area contributed by atoms with Crippen LogP contribution in [-0.2, 0) is 0 Å². The molecule has 0 saturated heterocycles. The predicted molar refractivity (Wildman–Crippen MR) is 51.6 cm³/mol. The average molecular weight is 242 g/mol. The summed E-state index contributed by atoms with van der Waals surface area (Å²) in [4.78, 5) is 10.8. The van der Waals surface area contributed by atoms with Crippen LogP contribution in [0.3, 0.4) is 0 Å². The van der Waals surface area contributed by atoms with Crippen LogP contribution in [0.15, 0.2) is 30.3 Å². The third kappa shape index (κ3) is 2.23. The van der Waals surface area contributed by atoms with Crippen molar-refractivity contribution in [1.29, 1.82) is 0 Å². The molecule has 0 atom stereocenters. The van der Waals surface area contributed by atoms with Crippen molar-refractivity contribution < 1.29 is 71.5 Å². The van der Waals surface area contributed by atoms with Gasteiger partial charge in [0.25, 0.3) is 0 Å². The normalized spacial score (nSPS) is 9.75. The molecule has 0 aliphatic heterocycles. The van der Waals surface area contributed by atoms with Gasteiger partial charge in [0.05, 0.1) is 11.5 Å². The Morgan fingerprint density at radius 2 is 1.81 bits per heavy atom. The molecule has 2 aromatic rings. The molecule has 0 heterocycles. The molecule has 2 rings (SSSR count). The van der Waals surface area contributed by atoms with Gasteiger partial charge in [-0.05, 0) is 16.8 Å². The van der Waals surface area contributed by atoms with E-state index in [0.29, 0.717) is 10.8 Å². The Kier molecular flexibility index (Phi) is 4.34. The second-order valence-corrected chi connectivity index (χ2v) is 3.13. The number of hydrogen-bond donors (Lipinski definition) is 2. The number of carbonyl (C=O) groups excluding carboxylic acids is 1. The van der Waals surface area contributed by atoms with E-state index >= 15 is 0 Å². The number of fused-ring (bicyclic) bond motifs is 1. The van der Waals surface area contributed by atoms with E-state index in [-0.39, 0.29) is 56.9 Å². The molecule has 0 spiro atoms. The molecule has 5 heteroatoms. The first-order valence-electron chi connectivity index (χ1n) is 4.26. The summed E-state index contributed by atoms with van der Waals surface area (Å²) in [6.45, 7) is 0. The van der Waals surface area contributed by atoms with E-state index in [0.717, 1.165) is 0 Å². The number of phenolic OH excluding ortho intramolecular Hbond substituents is 1. The van der Waals surface area contributed by atoms with Crippen molar-refractivity contribution in [3.05, 3.63) is 35.9 Å². The molecular formula is C11H7KO4. The SMILES string of the molecule is O=C([O-])c1c(O)c(O)cc2ccccc12.[K+]. The van der Waals surface area contributed by atoms with E-state index in [1.807, 2.05) is 0 Å². The fourth-order valence-electron chi connectivity index (χ4n) is 1.53. The number of carboxylic acids is 1. The summed E-state index contributed by atoms with van der Waals surface area (Å²) >= 11 is 0. The largest absolute Gasteiger partial charge is 1.00 e. The molecule has 0 unspecified atom stereocenters. The van der Waals surface area contributed by atoms with Crippen molar-refractivity contribution in [3.63, 3.8) is 0 Å². The van der Waals surface area contributed by atoms with Crippen molar-refractivity contribution in [3.8, 4) is 11.5 Å². The Balaban J connectivity index is 0.00000128. The van der Waals surface area contributed by atoms with Gasteiger partial charge in [0.15, 0.2) is 11.5 Å². The number of rotatable bonds is 1. The summed E-state index contributed by atoms with van der Waals surface area (Å²) in [6.07, 6.45) is 0. The number of hydrogen-bond acceptors (Lipinski definition) is 4. The van der Waals surface area contributed by atoms with Crippen LogP contribution in [0.5, 0.6) is 11.5 Å². The third-order valence-electron chi connectivity index (χ3n) is 2.21. The Labute approximate surface area is 134 Å². The minimum atomic E-state index is -1.51. The van der Waals surface area contributed by atoms with Gasteiger partial charge < -0.3 is 20.1 Å². The summed E-state index contributed by atoms with van der Waals surface area (Å²) < 4.78 is 0. The molecule has 0 saturated carbocycles. The van der Waals surface area contributed by atoms with Crippen LogP contribution in [0.1, 0.15) is 10.4 Å². The van der Waals surface area contributed by atoms with Gasteiger partial charge in [-0.3, -0.25) is 0 Å². The van der Waals surface area contributed by atoms with Crippen LogP contribution < -0.4 is 56.5 Å². The maximum absolute atomic E-state index is 10.8. The van der Waals surface area contributed by atoms with Gasteiger partial charge in [-0.1, -0.05) is 24.3 Å². The number of carbonyl (C=O) groups is 1. The topological polar surface area (TPSA) is 80.6 Å². The first-order valence-corrected chi connectivity index (χ1v) is 4.26. The van der Waals surface area contributed by atoms with Gasteiger partial charge in [0.2, 0.25) is 0 Å². The van der Waals surface area contributed by atoms with Gasteiger partial charge in [0, 0.05) is 0 Å². The molecule has 0 radical (unpaired) electrons. The molecule has 2 N–H and O–H groups in total. The van der Waals surface area contributed by atoms with Crippen molar-refractivity contribution >= 4 is 16.7 Å². The van der Waals surface area contributed by atoms with E-state index in [2.05, 4.69) is 0 Å². The summed E-state index contributed by atoms with van der Waals surface area (Å²) in [7, 11) is 0. The number of aromatic hydroxyl groups is 2. The zero-order valence-corrected chi connectivity index (χ0v) is 11.7. The quantitative estimate of drug-likeness (QED) is 0.432. The van der Waals surface area contributed by atoms with E-state index in [4.69, 9.17) is 0 Å². The summed E-state index contributed by atoms with van der Waals surface area (Å²) in [5, 5.41) is 30.4. The van der Waals surface area contributed by atoms with Crippen LogP contribution in [0.4, 0.5) is 0 Å². The first-order chi connectivity index (χ1) is 7.11. The van der Waals surface area contributed by atoms with Crippen molar-refractivity contribution in [2.45, 2.75) is 0 Å². The van der Waals surface area contributed by atoms with Crippen molar-refractivity contribution in [1.82, 2.24) is 0 Å². The monoisotopic (exact) mass is 242 g/mol. The molecule has 0 bridgehead atoms. The Morgan fingerprint density at radius 1 is 1.19 bits per heavy atom. The predicted octanol–water partition coefficient (Wildman–Crippen LogP) is -2.38. The zero-order valence-electron chi connectivity index (χ0n) is 8.60. The molecule has 0 fully saturated rings. The van der Waals surface area contributed by atoms with Crippen LogP contribution in [-0.4, -0.2) is 16.2 Å². The van der Waals surface area contributed by atoms with Crippen molar-refractivity contribution in [2.24, 2.45) is 0 Å². The van der Waals surface area contributed by atoms with E-state index in [1.165, 1.54) is 6.07 Å². The van der Waals surface area contributed by atoms with Crippen LogP contribution in [0.25, 0.3) is 10.8 Å². The van der Waals surface area contributed by atoms with E-state index in [9.17, 15) is 20.1 Å². The molecular weight excluding hydrogens is 235 g/mol. The Bertz CT molecular complexity index is 551. The second-order valence-electron chi connectivity index (χ2n) is 3.13.